The second kappa shape index (κ2) is 2.89. The highest BCUT2D eigenvalue weighted by atomic mass is 32.2. The first-order valence-corrected chi connectivity index (χ1v) is 5.09. The van der Waals surface area contributed by atoms with Crippen LogP contribution in [0, 0.1) is 0 Å². The molecule has 2 rings (SSSR count). The summed E-state index contributed by atoms with van der Waals surface area (Å²) in [6.45, 7) is 1.95. The quantitative estimate of drug-likeness (QED) is 0.543. The van der Waals surface area contributed by atoms with Crippen molar-refractivity contribution in [3.63, 3.8) is 0 Å². The molecule has 1 saturated heterocycles. The van der Waals surface area contributed by atoms with Crippen molar-refractivity contribution >= 4 is 17.7 Å². The van der Waals surface area contributed by atoms with Crippen LogP contribution in [-0.4, -0.2) is 35.4 Å². The maximum atomic E-state index is 11.4. The van der Waals surface area contributed by atoms with Crippen LogP contribution in [0.3, 0.4) is 0 Å². The van der Waals surface area contributed by atoms with Gasteiger partial charge in [-0.1, -0.05) is 6.08 Å². The van der Waals surface area contributed by atoms with E-state index >= 15 is 0 Å². The first kappa shape index (κ1) is 7.22. The van der Waals surface area contributed by atoms with E-state index in [-0.39, 0.29) is 5.91 Å². The molecule has 3 heteroatoms. The first-order chi connectivity index (χ1) is 5.38. The van der Waals surface area contributed by atoms with Crippen LogP contribution in [0.4, 0.5) is 0 Å². The van der Waals surface area contributed by atoms with Crippen molar-refractivity contribution in [2.45, 2.75) is 6.42 Å². The number of hydrogen-bond acceptors (Lipinski definition) is 2. The van der Waals surface area contributed by atoms with Crippen molar-refractivity contribution < 1.29 is 4.79 Å². The summed E-state index contributed by atoms with van der Waals surface area (Å²) in [6, 6.07) is 0. The Morgan fingerprint density at radius 1 is 1.55 bits per heavy atom. The van der Waals surface area contributed by atoms with E-state index in [9.17, 15) is 4.79 Å². The Kier molecular flexibility index (Phi) is 1.90. The molecule has 0 saturated carbocycles. The van der Waals surface area contributed by atoms with E-state index in [1.54, 1.807) is 0 Å². The molecule has 1 fully saturated rings. The molecule has 0 atom stereocenters. The largest absolute Gasteiger partial charge is 0.335 e. The van der Waals surface area contributed by atoms with E-state index in [1.807, 2.05) is 16.7 Å². The van der Waals surface area contributed by atoms with Crippen LogP contribution in [0.15, 0.2) is 11.6 Å². The van der Waals surface area contributed by atoms with Gasteiger partial charge in [0.25, 0.3) is 0 Å². The monoisotopic (exact) mass is 169 g/mol. The number of allylic oxidation sites excluding steroid dienone is 1. The highest BCUT2D eigenvalue weighted by Gasteiger charge is 2.27. The van der Waals surface area contributed by atoms with E-state index < -0.39 is 0 Å². The van der Waals surface area contributed by atoms with Gasteiger partial charge in [-0.15, -0.1) is 0 Å². The average molecular weight is 169 g/mol. The van der Waals surface area contributed by atoms with Crippen molar-refractivity contribution in [1.29, 1.82) is 0 Å². The Balaban J connectivity index is 2.01. The molecule has 0 spiro atoms. The highest BCUT2D eigenvalue weighted by Crippen LogP contribution is 2.20. The summed E-state index contributed by atoms with van der Waals surface area (Å²) in [5, 5.41) is 0. The van der Waals surface area contributed by atoms with Crippen molar-refractivity contribution in [2.24, 2.45) is 0 Å². The van der Waals surface area contributed by atoms with Crippen molar-refractivity contribution in [3.8, 4) is 0 Å². The molecule has 2 heterocycles. The third-order valence-electron chi connectivity index (χ3n) is 1.92. The molecule has 0 aromatic heterocycles. The molecular weight excluding hydrogens is 158 g/mol. The molecule has 1 amide bonds. The Morgan fingerprint density at radius 3 is 2.91 bits per heavy atom. The smallest absolute Gasteiger partial charge is 0.250 e. The number of carbonyl (C=O) groups excluding carboxylic acids is 1. The Bertz CT molecular complexity index is 208. The highest BCUT2D eigenvalue weighted by molar-refractivity contribution is 7.99. The molecule has 0 radical (unpaired) electrons. The second-order valence-corrected chi connectivity index (χ2v) is 3.97. The fourth-order valence-corrected chi connectivity index (χ4v) is 2.05. The van der Waals surface area contributed by atoms with E-state index in [0.717, 1.165) is 30.8 Å². The van der Waals surface area contributed by atoms with Gasteiger partial charge in [0.15, 0.2) is 0 Å². The lowest BCUT2D eigenvalue weighted by molar-refractivity contribution is -0.121. The minimum atomic E-state index is 0.275. The first-order valence-electron chi connectivity index (χ1n) is 3.94. The lowest BCUT2D eigenvalue weighted by atomic mass is 10.2. The molecule has 0 aliphatic carbocycles. The van der Waals surface area contributed by atoms with Crippen LogP contribution in [0.5, 0.6) is 0 Å². The summed E-state index contributed by atoms with van der Waals surface area (Å²) in [5.41, 5.74) is 1.03. The van der Waals surface area contributed by atoms with Crippen LogP contribution < -0.4 is 0 Å². The van der Waals surface area contributed by atoms with Gasteiger partial charge in [-0.05, 0) is 12.2 Å². The molecule has 2 nitrogen and oxygen atoms in total. The molecular formula is C8H11NOS. The van der Waals surface area contributed by atoms with Crippen molar-refractivity contribution in [1.82, 2.24) is 4.90 Å². The minimum Gasteiger partial charge on any atom is -0.335 e. The van der Waals surface area contributed by atoms with Crippen LogP contribution in [0.1, 0.15) is 6.42 Å². The summed E-state index contributed by atoms with van der Waals surface area (Å²) >= 11 is 1.86. The van der Waals surface area contributed by atoms with Crippen molar-refractivity contribution in [3.05, 3.63) is 11.6 Å². The number of thioether (sulfide) groups is 1. The third-order valence-corrected chi connectivity index (χ3v) is 2.96. The Labute approximate surface area is 70.6 Å². The number of rotatable bonds is 1. The third kappa shape index (κ3) is 1.59. The Morgan fingerprint density at radius 2 is 2.36 bits per heavy atom. The normalized spacial score (nSPS) is 22.9. The lowest BCUT2D eigenvalue weighted by Gasteiger charge is -2.11. The predicted molar refractivity (Wildman–Crippen MR) is 46.6 cm³/mol. The molecule has 60 valence electrons. The summed E-state index contributed by atoms with van der Waals surface area (Å²) in [7, 11) is 0. The summed E-state index contributed by atoms with van der Waals surface area (Å²) in [6.07, 6.45) is 3.16. The van der Waals surface area contributed by atoms with Gasteiger partial charge in [0.05, 0.1) is 0 Å². The summed E-state index contributed by atoms with van der Waals surface area (Å²) in [5.74, 6) is 2.38. The molecule has 0 N–H and O–H groups in total. The number of hydrogen-bond donors (Lipinski definition) is 0. The molecule has 0 aromatic carbocycles. The zero-order chi connectivity index (χ0) is 7.68. The summed E-state index contributed by atoms with van der Waals surface area (Å²) < 4.78 is 0. The standard InChI is InChI=1S/C8H11NOS/c10-8(9-3-4-9)7-2-1-5-11-6-7/h2H,1,3-6H2. The van der Waals surface area contributed by atoms with Crippen LogP contribution in [0.2, 0.25) is 0 Å². The molecule has 0 unspecified atom stereocenters. The average Bonchev–Trinajstić information content (AvgIpc) is 2.87. The van der Waals surface area contributed by atoms with Crippen LogP contribution in [-0.2, 0) is 4.79 Å². The van der Waals surface area contributed by atoms with Gasteiger partial charge in [0.2, 0.25) is 5.91 Å². The fraction of sp³-hybridized carbons (Fsp3) is 0.625. The number of carbonyl (C=O) groups is 1. The van der Waals surface area contributed by atoms with E-state index in [1.165, 1.54) is 5.75 Å². The molecule has 2 aliphatic rings. The van der Waals surface area contributed by atoms with Crippen molar-refractivity contribution in [2.75, 3.05) is 24.6 Å². The molecule has 11 heavy (non-hydrogen) atoms. The van der Waals surface area contributed by atoms with Gasteiger partial charge >= 0.3 is 0 Å². The zero-order valence-electron chi connectivity index (χ0n) is 6.38. The van der Waals surface area contributed by atoms with Gasteiger partial charge in [0.1, 0.15) is 0 Å². The number of amides is 1. The van der Waals surface area contributed by atoms with E-state index in [4.69, 9.17) is 0 Å². The molecule has 2 aliphatic heterocycles. The van der Waals surface area contributed by atoms with Gasteiger partial charge < -0.3 is 4.90 Å². The predicted octanol–water partition coefficient (Wildman–Crippen LogP) is 0.892. The van der Waals surface area contributed by atoms with Gasteiger partial charge in [-0.3, -0.25) is 4.79 Å². The lowest BCUT2D eigenvalue weighted by Crippen LogP contribution is -2.16. The minimum absolute atomic E-state index is 0.275. The maximum Gasteiger partial charge on any atom is 0.250 e. The molecule has 0 aromatic rings. The van der Waals surface area contributed by atoms with Gasteiger partial charge in [0, 0.05) is 24.4 Å². The van der Waals surface area contributed by atoms with Crippen LogP contribution in [0.25, 0.3) is 0 Å². The van der Waals surface area contributed by atoms with Crippen LogP contribution >= 0.6 is 11.8 Å². The number of nitrogens with zero attached hydrogens (tertiary/aromatic N) is 1. The Hall–Kier alpha value is -0.440. The van der Waals surface area contributed by atoms with Gasteiger partial charge in [-0.25, -0.2) is 0 Å². The topological polar surface area (TPSA) is 20.1 Å². The fourth-order valence-electron chi connectivity index (χ4n) is 1.16. The maximum absolute atomic E-state index is 11.4. The van der Waals surface area contributed by atoms with E-state index in [2.05, 4.69) is 6.08 Å². The van der Waals surface area contributed by atoms with E-state index in [0.29, 0.717) is 0 Å². The van der Waals surface area contributed by atoms with Gasteiger partial charge in [-0.2, -0.15) is 11.8 Å². The SMILES string of the molecule is O=C(C1=CCCSC1)N1CC1. The summed E-state index contributed by atoms with van der Waals surface area (Å²) in [4.78, 5) is 13.3. The molecule has 0 bridgehead atoms. The zero-order valence-corrected chi connectivity index (χ0v) is 7.19. The second-order valence-electron chi connectivity index (χ2n) is 2.86.